The second kappa shape index (κ2) is 14.6. The first-order valence-electron chi connectivity index (χ1n) is 18.4. The fourth-order valence-electron chi connectivity index (χ4n) is 9.39. The van der Waals surface area contributed by atoms with Crippen molar-refractivity contribution in [1.82, 2.24) is 9.99 Å². The molecule has 2 N–H and O–H groups in total. The number of nitrogens with zero attached hydrogens (tertiary/aromatic N) is 3. The number of hydrazine groups is 1. The lowest BCUT2D eigenvalue weighted by atomic mass is 9.49. The molecule has 0 bridgehead atoms. The van der Waals surface area contributed by atoms with E-state index in [2.05, 4.69) is 10.4 Å². The largest absolute Gasteiger partial charge is 0.504 e. The number of anilines is 2. The molecule has 4 aromatic rings. The van der Waals surface area contributed by atoms with E-state index >= 15 is 4.79 Å². The van der Waals surface area contributed by atoms with Crippen LogP contribution in [0.2, 0.25) is 10.0 Å². The van der Waals surface area contributed by atoms with Gasteiger partial charge in [0, 0.05) is 22.7 Å². The molecule has 2 aliphatic carbocycles. The number of benzene rings is 3. The van der Waals surface area contributed by atoms with Crippen LogP contribution in [0.4, 0.5) is 51.0 Å². The van der Waals surface area contributed by atoms with Crippen molar-refractivity contribution in [3.05, 3.63) is 122 Å². The van der Waals surface area contributed by atoms with Crippen LogP contribution in [0.1, 0.15) is 46.6 Å². The number of phenolic OH excluding ortho intramolecular Hbond substituents is 1. The molecule has 21 heteroatoms. The standard InChI is InChI=1S/C41H27Cl2F9N4O6/c1-62-29-4-2-3-25(32(29)57)31-23-9-10-24-30(36(60)55(34(24)58)22-12-18(39(44,45)46)11-19(13-22)40(47,48)49)26(23)15-27-35(59)56(37(61)38(27,31)17-5-7-21(42)8-6-17)54-33-28(43)14-20(16-53-33)41(50,51)52/h2-9,11-14,16,24,26-27,30-31,57H,10,15H2,1H3,(H,53,54). The minimum atomic E-state index is -5.32. The van der Waals surface area contributed by atoms with Gasteiger partial charge < -0.3 is 9.84 Å². The smallest absolute Gasteiger partial charge is 0.417 e. The monoisotopic (exact) mass is 912 g/mol. The lowest BCUT2D eigenvalue weighted by molar-refractivity contribution is -0.143. The molecule has 62 heavy (non-hydrogen) atoms. The molecule has 4 aliphatic rings. The number of alkyl halides is 9. The van der Waals surface area contributed by atoms with Gasteiger partial charge in [0.15, 0.2) is 17.3 Å². The van der Waals surface area contributed by atoms with Crippen LogP contribution < -0.4 is 15.1 Å². The number of imide groups is 2. The van der Waals surface area contributed by atoms with Crippen LogP contribution in [-0.4, -0.2) is 45.8 Å². The van der Waals surface area contributed by atoms with Crippen molar-refractivity contribution in [2.45, 2.75) is 42.7 Å². The number of ether oxygens (including phenoxy) is 1. The minimum Gasteiger partial charge on any atom is -0.504 e. The SMILES string of the molecule is COc1cccc(C2C3=CCC4C(=O)N(c5cc(C(F)(F)F)cc(C(F)(F)F)c5)C(=O)C4C3CC3C(=O)N(Nc4ncc(C(F)(F)F)cc4Cl)C(=O)C32c2ccc(Cl)cc2)c1O. The van der Waals surface area contributed by atoms with Crippen LogP contribution in [0.3, 0.4) is 0 Å². The van der Waals surface area contributed by atoms with Crippen molar-refractivity contribution in [2.24, 2.45) is 23.7 Å². The van der Waals surface area contributed by atoms with Crippen molar-refractivity contribution >= 4 is 58.3 Å². The molecule has 3 fully saturated rings. The first-order chi connectivity index (χ1) is 29.0. The van der Waals surface area contributed by atoms with Gasteiger partial charge in [-0.15, -0.1) is 0 Å². The van der Waals surface area contributed by atoms with Gasteiger partial charge in [-0.2, -0.15) is 44.5 Å². The van der Waals surface area contributed by atoms with Crippen LogP contribution in [-0.2, 0) is 43.1 Å². The summed E-state index contributed by atoms with van der Waals surface area (Å²) in [5.74, 6) is -12.6. The molecule has 8 rings (SSSR count). The van der Waals surface area contributed by atoms with Crippen LogP contribution >= 0.6 is 23.2 Å². The zero-order valence-electron chi connectivity index (χ0n) is 31.3. The number of para-hydroxylation sites is 1. The van der Waals surface area contributed by atoms with Gasteiger partial charge in [0.1, 0.15) is 0 Å². The second-order valence-corrected chi connectivity index (χ2v) is 15.9. The molecular weight excluding hydrogens is 886 g/mol. The number of aromatic hydroxyl groups is 1. The van der Waals surface area contributed by atoms with Crippen molar-refractivity contribution in [1.29, 1.82) is 0 Å². The molecule has 4 amide bonds. The van der Waals surface area contributed by atoms with Crippen molar-refractivity contribution in [2.75, 3.05) is 17.4 Å². The number of hydrogen-bond acceptors (Lipinski definition) is 8. The Balaban J connectivity index is 1.31. The number of allylic oxidation sites excluding steroid dienone is 2. The first kappa shape index (κ1) is 42.9. The fourth-order valence-corrected chi connectivity index (χ4v) is 9.72. The predicted octanol–water partition coefficient (Wildman–Crippen LogP) is 9.35. The molecule has 6 atom stereocenters. The average Bonchev–Trinajstić information content (AvgIpc) is 3.58. The number of nitrogens with one attached hydrogen (secondary N) is 1. The summed E-state index contributed by atoms with van der Waals surface area (Å²) >= 11 is 12.5. The Morgan fingerprint density at radius 3 is 2.02 bits per heavy atom. The summed E-state index contributed by atoms with van der Waals surface area (Å²) in [6.07, 6.45) is -14.4. The van der Waals surface area contributed by atoms with Gasteiger partial charge in [-0.25, -0.2) is 9.88 Å². The predicted molar refractivity (Wildman–Crippen MR) is 200 cm³/mol. The lowest BCUT2D eigenvalue weighted by Crippen LogP contribution is -2.53. The van der Waals surface area contributed by atoms with Crippen LogP contribution in [0, 0.1) is 23.7 Å². The number of halogens is 11. The summed E-state index contributed by atoms with van der Waals surface area (Å²) in [6, 6.07) is 10.8. The van der Waals surface area contributed by atoms with E-state index in [9.17, 15) is 59.0 Å². The van der Waals surface area contributed by atoms with Gasteiger partial charge in [0.05, 0.1) is 57.7 Å². The molecule has 0 radical (unpaired) electrons. The Bertz CT molecular complexity index is 2570. The van der Waals surface area contributed by atoms with E-state index in [0.29, 0.717) is 17.3 Å². The molecule has 3 heterocycles. The Kier molecular flexibility index (Phi) is 10.1. The molecule has 2 aliphatic heterocycles. The Morgan fingerprint density at radius 2 is 1.44 bits per heavy atom. The molecule has 324 valence electrons. The molecular formula is C41H27Cl2F9N4O6. The number of carbonyl (C=O) groups excluding carboxylic acids is 4. The molecule has 10 nitrogen and oxygen atoms in total. The zero-order chi connectivity index (χ0) is 45.0. The summed E-state index contributed by atoms with van der Waals surface area (Å²) < 4.78 is 130. The summed E-state index contributed by atoms with van der Waals surface area (Å²) in [5, 5.41) is 11.8. The van der Waals surface area contributed by atoms with Gasteiger partial charge in [0.25, 0.3) is 11.8 Å². The van der Waals surface area contributed by atoms with Crippen molar-refractivity contribution in [3.8, 4) is 11.5 Å². The van der Waals surface area contributed by atoms with Gasteiger partial charge in [-0.05, 0) is 66.8 Å². The topological polar surface area (TPSA) is 129 Å². The maximum atomic E-state index is 15.3. The van der Waals surface area contributed by atoms with Gasteiger partial charge >= 0.3 is 18.5 Å². The number of carbonyl (C=O) groups is 4. The van der Waals surface area contributed by atoms with E-state index in [1.807, 2.05) is 0 Å². The highest BCUT2D eigenvalue weighted by molar-refractivity contribution is 6.33. The number of rotatable bonds is 6. The molecule has 6 unspecified atom stereocenters. The molecule has 3 aromatic carbocycles. The quantitative estimate of drug-likeness (QED) is 0.111. The number of methoxy groups -OCH3 is 1. The highest BCUT2D eigenvalue weighted by Crippen LogP contribution is 2.65. The van der Waals surface area contributed by atoms with E-state index < -0.39 is 123 Å². The molecule has 0 spiro atoms. The summed E-state index contributed by atoms with van der Waals surface area (Å²) in [6.45, 7) is 0. The maximum absolute atomic E-state index is 15.3. The third-order valence-corrected chi connectivity index (χ3v) is 12.5. The number of pyridine rings is 1. The number of aromatic nitrogens is 1. The Hall–Kier alpha value is -5.82. The van der Waals surface area contributed by atoms with Crippen LogP contribution in [0.15, 0.2) is 84.6 Å². The first-order valence-corrected chi connectivity index (χ1v) is 19.1. The molecule has 1 aromatic heterocycles. The van der Waals surface area contributed by atoms with Gasteiger partial charge in [0.2, 0.25) is 11.8 Å². The van der Waals surface area contributed by atoms with Crippen molar-refractivity contribution in [3.63, 3.8) is 0 Å². The van der Waals surface area contributed by atoms with Gasteiger partial charge in [-0.1, -0.05) is 59.1 Å². The van der Waals surface area contributed by atoms with E-state index in [-0.39, 0.29) is 57.0 Å². The minimum absolute atomic E-state index is 0.0336. The zero-order valence-corrected chi connectivity index (χ0v) is 32.8. The van der Waals surface area contributed by atoms with Gasteiger partial charge in [-0.3, -0.25) is 24.6 Å². The second-order valence-electron chi connectivity index (χ2n) is 15.1. The average molecular weight is 914 g/mol. The summed E-state index contributed by atoms with van der Waals surface area (Å²) in [7, 11) is 1.23. The highest BCUT2D eigenvalue weighted by Gasteiger charge is 2.71. The van der Waals surface area contributed by atoms with Crippen LogP contribution in [0.25, 0.3) is 0 Å². The highest BCUT2D eigenvalue weighted by atomic mass is 35.5. The summed E-state index contributed by atoms with van der Waals surface area (Å²) in [5.41, 5.74) is -5.14. The number of fused-ring (bicyclic) bond motifs is 4. The van der Waals surface area contributed by atoms with Crippen LogP contribution in [0.5, 0.6) is 11.5 Å². The number of phenols is 1. The van der Waals surface area contributed by atoms with E-state index in [1.54, 1.807) is 0 Å². The van der Waals surface area contributed by atoms with E-state index in [1.165, 1.54) is 55.7 Å². The summed E-state index contributed by atoms with van der Waals surface area (Å²) in [4.78, 5) is 62.8. The number of amides is 4. The molecule has 2 saturated heterocycles. The Morgan fingerprint density at radius 1 is 0.806 bits per heavy atom. The van der Waals surface area contributed by atoms with Crippen molar-refractivity contribution < 1.29 is 68.5 Å². The number of hydrogen-bond donors (Lipinski definition) is 2. The lowest BCUT2D eigenvalue weighted by Gasteiger charge is -2.50. The molecule has 1 saturated carbocycles. The Labute approximate surface area is 353 Å². The third-order valence-electron chi connectivity index (χ3n) is 11.9. The van der Waals surface area contributed by atoms with E-state index in [0.717, 1.165) is 0 Å². The fraction of sp³-hybridized carbons (Fsp3) is 0.293. The third kappa shape index (κ3) is 6.62. The normalized spacial score (nSPS) is 25.1. The van der Waals surface area contributed by atoms with E-state index in [4.69, 9.17) is 27.9 Å². The maximum Gasteiger partial charge on any atom is 0.417 e.